The lowest BCUT2D eigenvalue weighted by atomic mass is 10.2. The minimum Gasteiger partial charge on any atom is -0.383 e. The summed E-state index contributed by atoms with van der Waals surface area (Å²) in [5, 5.41) is 14.0. The first-order chi connectivity index (χ1) is 12.5. The van der Waals surface area contributed by atoms with Crippen LogP contribution >= 0.6 is 0 Å². The zero-order valence-corrected chi connectivity index (χ0v) is 15.2. The van der Waals surface area contributed by atoms with Crippen molar-refractivity contribution in [1.82, 2.24) is 15.1 Å². The van der Waals surface area contributed by atoms with Gasteiger partial charge in [0, 0.05) is 58.9 Å². The Labute approximate surface area is 152 Å². The fourth-order valence-electron chi connectivity index (χ4n) is 2.65. The molecule has 142 valence electrons. The molecule has 0 aromatic heterocycles. The van der Waals surface area contributed by atoms with Gasteiger partial charge in [-0.25, -0.2) is 4.99 Å². The lowest BCUT2D eigenvalue weighted by molar-refractivity contribution is -0.384. The van der Waals surface area contributed by atoms with E-state index in [9.17, 15) is 14.9 Å². The summed E-state index contributed by atoms with van der Waals surface area (Å²) < 4.78 is 5.07. The van der Waals surface area contributed by atoms with Crippen molar-refractivity contribution in [3.63, 3.8) is 0 Å². The van der Waals surface area contributed by atoms with Crippen LogP contribution in [-0.2, 0) is 16.1 Å². The number of nitrogens with zero attached hydrogens (tertiary/aromatic N) is 4. The van der Waals surface area contributed by atoms with Crippen LogP contribution in [-0.4, -0.2) is 73.0 Å². The number of benzene rings is 1. The van der Waals surface area contributed by atoms with Gasteiger partial charge in [0.2, 0.25) is 5.91 Å². The van der Waals surface area contributed by atoms with Crippen molar-refractivity contribution in [3.8, 4) is 0 Å². The molecule has 0 atom stereocenters. The fourth-order valence-corrected chi connectivity index (χ4v) is 2.65. The average molecular weight is 363 g/mol. The molecule has 1 saturated heterocycles. The lowest BCUT2D eigenvalue weighted by Crippen LogP contribution is -2.53. The Morgan fingerprint density at radius 1 is 1.23 bits per heavy atom. The maximum absolute atomic E-state index is 11.5. The van der Waals surface area contributed by atoms with Crippen molar-refractivity contribution in [2.45, 2.75) is 13.5 Å². The highest BCUT2D eigenvalue weighted by Crippen LogP contribution is 2.13. The number of nitro benzene ring substituents is 1. The molecule has 9 heteroatoms. The molecule has 2 rings (SSSR count). The number of amides is 1. The number of carbonyl (C=O) groups is 1. The van der Waals surface area contributed by atoms with Crippen LogP contribution in [0.4, 0.5) is 5.69 Å². The van der Waals surface area contributed by atoms with Crippen molar-refractivity contribution >= 4 is 17.6 Å². The fraction of sp³-hybridized carbons (Fsp3) is 0.529. The summed E-state index contributed by atoms with van der Waals surface area (Å²) in [6.07, 6.45) is 0. The van der Waals surface area contributed by atoms with Crippen LogP contribution in [0.5, 0.6) is 0 Å². The van der Waals surface area contributed by atoms with Gasteiger partial charge in [0.15, 0.2) is 5.96 Å². The number of piperazine rings is 1. The van der Waals surface area contributed by atoms with Gasteiger partial charge in [0.1, 0.15) is 0 Å². The molecular weight excluding hydrogens is 338 g/mol. The zero-order valence-electron chi connectivity index (χ0n) is 15.2. The van der Waals surface area contributed by atoms with Crippen molar-refractivity contribution in [2.75, 3.05) is 46.4 Å². The normalized spacial score (nSPS) is 15.1. The van der Waals surface area contributed by atoms with Gasteiger partial charge < -0.3 is 19.9 Å². The van der Waals surface area contributed by atoms with E-state index in [1.54, 1.807) is 26.2 Å². The molecule has 1 aliphatic rings. The van der Waals surface area contributed by atoms with E-state index in [1.807, 2.05) is 4.90 Å². The molecule has 1 N–H and O–H groups in total. The molecule has 1 amide bonds. The summed E-state index contributed by atoms with van der Waals surface area (Å²) in [5.74, 6) is 0.838. The summed E-state index contributed by atoms with van der Waals surface area (Å²) in [7, 11) is 1.64. The van der Waals surface area contributed by atoms with Crippen LogP contribution in [0.1, 0.15) is 12.5 Å². The number of methoxy groups -OCH3 is 1. The molecule has 0 bridgehead atoms. The van der Waals surface area contributed by atoms with Gasteiger partial charge in [-0.05, 0) is 5.56 Å². The van der Waals surface area contributed by atoms with Gasteiger partial charge in [0.05, 0.1) is 18.1 Å². The quantitative estimate of drug-likeness (QED) is 0.264. The number of non-ortho nitro benzene ring substituents is 1. The number of nitro groups is 1. The van der Waals surface area contributed by atoms with Crippen LogP contribution < -0.4 is 5.32 Å². The molecule has 1 aromatic carbocycles. The summed E-state index contributed by atoms with van der Waals surface area (Å²) in [6, 6.07) is 6.38. The molecular formula is C17H25N5O4. The first-order valence-electron chi connectivity index (χ1n) is 8.52. The molecule has 9 nitrogen and oxygen atoms in total. The third kappa shape index (κ3) is 5.69. The van der Waals surface area contributed by atoms with Gasteiger partial charge >= 0.3 is 0 Å². The number of aliphatic imine (C=N–C) groups is 1. The zero-order chi connectivity index (χ0) is 18.9. The number of hydrogen-bond acceptors (Lipinski definition) is 5. The Morgan fingerprint density at radius 3 is 2.38 bits per heavy atom. The minimum atomic E-state index is -0.417. The molecule has 1 aromatic rings. The minimum absolute atomic E-state index is 0.0662. The number of ether oxygens (including phenoxy) is 1. The van der Waals surface area contributed by atoms with Crippen LogP contribution in [0.15, 0.2) is 29.3 Å². The third-order valence-electron chi connectivity index (χ3n) is 4.17. The SMILES string of the molecule is COCCNC(=NCc1ccc([N+](=O)[O-])cc1)N1CCN(C(C)=O)CC1. The lowest BCUT2D eigenvalue weighted by Gasteiger charge is -2.36. The first kappa shape index (κ1) is 19.6. The van der Waals surface area contributed by atoms with E-state index in [2.05, 4.69) is 15.2 Å². The summed E-state index contributed by atoms with van der Waals surface area (Å²) in [6.45, 7) is 5.93. The number of hydrogen-bond donors (Lipinski definition) is 1. The highest BCUT2D eigenvalue weighted by Gasteiger charge is 2.21. The van der Waals surface area contributed by atoms with E-state index in [0.29, 0.717) is 45.9 Å². The third-order valence-corrected chi connectivity index (χ3v) is 4.17. The monoisotopic (exact) mass is 363 g/mol. The van der Waals surface area contributed by atoms with Crippen molar-refractivity contribution < 1.29 is 14.5 Å². The number of carbonyl (C=O) groups excluding carboxylic acids is 1. The Bertz CT molecular complexity index is 639. The van der Waals surface area contributed by atoms with Crippen molar-refractivity contribution in [2.24, 2.45) is 4.99 Å². The Hall–Kier alpha value is -2.68. The van der Waals surface area contributed by atoms with E-state index < -0.39 is 4.92 Å². The topological polar surface area (TPSA) is 100 Å². The molecule has 0 unspecified atom stereocenters. The summed E-state index contributed by atoms with van der Waals surface area (Å²) >= 11 is 0. The van der Waals surface area contributed by atoms with Crippen molar-refractivity contribution in [1.29, 1.82) is 0 Å². The maximum atomic E-state index is 11.5. The molecule has 0 radical (unpaired) electrons. The van der Waals surface area contributed by atoms with E-state index in [1.165, 1.54) is 12.1 Å². The summed E-state index contributed by atoms with van der Waals surface area (Å²) in [5.41, 5.74) is 0.959. The average Bonchev–Trinajstić information content (AvgIpc) is 2.65. The van der Waals surface area contributed by atoms with Crippen molar-refractivity contribution in [3.05, 3.63) is 39.9 Å². The number of nitrogens with one attached hydrogen (secondary N) is 1. The molecule has 0 spiro atoms. The second kappa shape index (κ2) is 9.71. The standard InChI is InChI=1S/C17H25N5O4/c1-14(23)20-8-10-21(11-9-20)17(18-7-12-26-2)19-13-15-3-5-16(6-4-15)22(24)25/h3-6H,7-13H2,1-2H3,(H,18,19). The highest BCUT2D eigenvalue weighted by molar-refractivity contribution is 5.80. The Morgan fingerprint density at radius 2 is 1.85 bits per heavy atom. The molecule has 1 fully saturated rings. The molecule has 0 aliphatic carbocycles. The van der Waals surface area contributed by atoms with Crippen LogP contribution in [0, 0.1) is 10.1 Å². The first-order valence-corrected chi connectivity index (χ1v) is 8.52. The van der Waals surface area contributed by atoms with Crippen LogP contribution in [0.3, 0.4) is 0 Å². The molecule has 1 heterocycles. The van der Waals surface area contributed by atoms with Gasteiger partial charge in [-0.2, -0.15) is 0 Å². The molecule has 0 saturated carbocycles. The number of rotatable bonds is 6. The second-order valence-electron chi connectivity index (χ2n) is 5.98. The van der Waals surface area contributed by atoms with Gasteiger partial charge in [-0.1, -0.05) is 12.1 Å². The number of guanidine groups is 1. The van der Waals surface area contributed by atoms with Gasteiger partial charge in [-0.15, -0.1) is 0 Å². The Kier molecular flexibility index (Phi) is 7.34. The van der Waals surface area contributed by atoms with E-state index in [4.69, 9.17) is 4.74 Å². The van der Waals surface area contributed by atoms with E-state index >= 15 is 0 Å². The predicted octanol–water partition coefficient (Wildman–Crippen LogP) is 0.851. The van der Waals surface area contributed by atoms with E-state index in [-0.39, 0.29) is 11.6 Å². The Balaban J connectivity index is 2.02. The predicted molar refractivity (Wildman–Crippen MR) is 97.9 cm³/mol. The maximum Gasteiger partial charge on any atom is 0.269 e. The summed E-state index contributed by atoms with van der Waals surface area (Å²) in [4.78, 5) is 30.3. The van der Waals surface area contributed by atoms with Crippen LogP contribution in [0.2, 0.25) is 0 Å². The van der Waals surface area contributed by atoms with E-state index in [0.717, 1.165) is 11.5 Å². The molecule has 1 aliphatic heterocycles. The largest absolute Gasteiger partial charge is 0.383 e. The van der Waals surface area contributed by atoms with Crippen LogP contribution in [0.25, 0.3) is 0 Å². The van der Waals surface area contributed by atoms with Gasteiger partial charge in [0.25, 0.3) is 5.69 Å². The second-order valence-corrected chi connectivity index (χ2v) is 5.98. The highest BCUT2D eigenvalue weighted by atomic mass is 16.6. The smallest absolute Gasteiger partial charge is 0.269 e. The molecule has 26 heavy (non-hydrogen) atoms. The van der Waals surface area contributed by atoms with Gasteiger partial charge in [-0.3, -0.25) is 14.9 Å².